The fourth-order valence-electron chi connectivity index (χ4n) is 4.72. The van der Waals surface area contributed by atoms with Crippen molar-refractivity contribution in [3.05, 3.63) is 29.8 Å². The topological polar surface area (TPSA) is 35.5 Å². The van der Waals surface area contributed by atoms with E-state index in [1.54, 1.807) is 3.58 Å². The van der Waals surface area contributed by atoms with Crippen molar-refractivity contribution in [2.75, 3.05) is 6.61 Å². The number of carbonyl (C=O) groups excluding carboxylic acids is 1. The van der Waals surface area contributed by atoms with E-state index in [4.69, 9.17) is 9.47 Å². The fourth-order valence-corrected chi connectivity index (χ4v) is 21.7. The summed E-state index contributed by atoms with van der Waals surface area (Å²) in [4.78, 5) is 11.4. The van der Waals surface area contributed by atoms with Crippen molar-refractivity contribution in [1.29, 1.82) is 0 Å². The van der Waals surface area contributed by atoms with Gasteiger partial charge in [0.05, 0.1) is 0 Å². The molecule has 0 amide bonds. The van der Waals surface area contributed by atoms with E-state index in [1.807, 2.05) is 0 Å². The van der Waals surface area contributed by atoms with Gasteiger partial charge in [0.2, 0.25) is 0 Å². The molecule has 0 aliphatic carbocycles. The molecule has 0 spiro atoms. The van der Waals surface area contributed by atoms with Gasteiger partial charge in [-0.25, -0.2) is 0 Å². The first-order valence-electron chi connectivity index (χ1n) is 11.4. The molecule has 1 aromatic carbocycles. The van der Waals surface area contributed by atoms with Crippen molar-refractivity contribution in [3.63, 3.8) is 0 Å². The molecule has 1 aliphatic rings. The van der Waals surface area contributed by atoms with Crippen molar-refractivity contribution in [1.82, 2.24) is 0 Å². The number of hydrogen-bond donors (Lipinski definition) is 0. The van der Waals surface area contributed by atoms with E-state index >= 15 is 0 Å². The summed E-state index contributed by atoms with van der Waals surface area (Å²) in [5.74, 6) is -0.204. The van der Waals surface area contributed by atoms with E-state index in [0.717, 1.165) is 6.42 Å². The molecular weight excluding hydrogens is 455 g/mol. The maximum atomic E-state index is 11.4. The maximum absolute atomic E-state index is 11.4. The predicted molar refractivity (Wildman–Crippen MR) is 120 cm³/mol. The molecule has 0 aromatic heterocycles. The molecule has 1 aliphatic heterocycles. The number of carbonyl (C=O) groups is 1. The molecule has 0 radical (unpaired) electrons. The van der Waals surface area contributed by atoms with Gasteiger partial charge in [-0.15, -0.1) is 0 Å². The van der Waals surface area contributed by atoms with Crippen LogP contribution in [0.2, 0.25) is 13.3 Å². The van der Waals surface area contributed by atoms with Gasteiger partial charge in [-0.1, -0.05) is 0 Å². The average molecular weight is 495 g/mol. The third-order valence-electron chi connectivity index (χ3n) is 6.20. The molecule has 0 bridgehead atoms. The van der Waals surface area contributed by atoms with Crippen LogP contribution in [0.25, 0.3) is 0 Å². The molecule has 0 saturated carbocycles. The molecule has 2 rings (SSSR count). The second kappa shape index (κ2) is 12.2. The van der Waals surface area contributed by atoms with Gasteiger partial charge in [0.25, 0.3) is 0 Å². The summed E-state index contributed by atoms with van der Waals surface area (Å²) in [5.41, 5.74) is 1.41. The SMILES string of the molecule is CCC[CH2][Sn]([CH2]CCC)([CH2]CCC)[c]1ccccc1[C@H]1C[C@@H](OC(C)=O)CO1. The molecule has 1 aromatic rings. The number of benzene rings is 1. The Morgan fingerprint density at radius 1 is 1.04 bits per heavy atom. The zero-order valence-corrected chi connectivity index (χ0v) is 21.3. The van der Waals surface area contributed by atoms with E-state index in [9.17, 15) is 4.79 Å². The van der Waals surface area contributed by atoms with Crippen molar-refractivity contribution < 1.29 is 14.3 Å². The van der Waals surface area contributed by atoms with Gasteiger partial charge in [-0.05, 0) is 0 Å². The van der Waals surface area contributed by atoms with Gasteiger partial charge in [-0.3, -0.25) is 0 Å². The van der Waals surface area contributed by atoms with Gasteiger partial charge in [0, 0.05) is 0 Å². The van der Waals surface area contributed by atoms with E-state index in [0.29, 0.717) is 6.61 Å². The van der Waals surface area contributed by atoms with Gasteiger partial charge >= 0.3 is 177 Å². The summed E-state index contributed by atoms with van der Waals surface area (Å²) in [6.45, 7) is 8.99. The van der Waals surface area contributed by atoms with Crippen LogP contribution in [0.4, 0.5) is 0 Å². The molecule has 1 fully saturated rings. The van der Waals surface area contributed by atoms with Crippen LogP contribution in [0.3, 0.4) is 0 Å². The Morgan fingerprint density at radius 3 is 2.14 bits per heavy atom. The predicted octanol–water partition coefficient (Wildman–Crippen LogP) is 6.14. The van der Waals surface area contributed by atoms with Crippen LogP contribution in [-0.2, 0) is 14.3 Å². The fraction of sp³-hybridized carbons (Fsp3) is 0.708. The Hall–Kier alpha value is -0.551. The monoisotopic (exact) mass is 496 g/mol. The molecule has 1 heterocycles. The third kappa shape index (κ3) is 6.48. The van der Waals surface area contributed by atoms with Crippen LogP contribution in [0.5, 0.6) is 0 Å². The van der Waals surface area contributed by atoms with Crippen molar-refractivity contribution in [3.8, 4) is 0 Å². The van der Waals surface area contributed by atoms with E-state index in [-0.39, 0.29) is 18.2 Å². The molecule has 158 valence electrons. The van der Waals surface area contributed by atoms with Crippen molar-refractivity contribution in [2.24, 2.45) is 0 Å². The molecule has 1 saturated heterocycles. The summed E-state index contributed by atoms with van der Waals surface area (Å²) in [6.07, 6.45) is 8.73. The second-order valence-electron chi connectivity index (χ2n) is 8.47. The normalized spacial score (nSPS) is 19.7. The van der Waals surface area contributed by atoms with Crippen LogP contribution >= 0.6 is 0 Å². The Labute approximate surface area is 176 Å². The molecule has 4 heteroatoms. The quantitative estimate of drug-likeness (QED) is 0.258. The first-order valence-corrected chi connectivity index (χ1v) is 18.9. The van der Waals surface area contributed by atoms with E-state index in [2.05, 4.69) is 45.0 Å². The molecule has 3 nitrogen and oxygen atoms in total. The van der Waals surface area contributed by atoms with Gasteiger partial charge in [0.1, 0.15) is 0 Å². The average Bonchev–Trinajstić information content (AvgIpc) is 3.15. The minimum atomic E-state index is -2.52. The minimum absolute atomic E-state index is 0.0847. The van der Waals surface area contributed by atoms with Crippen molar-refractivity contribution in [2.45, 2.75) is 98.2 Å². The Balaban J connectivity index is 2.35. The Morgan fingerprint density at radius 2 is 1.61 bits per heavy atom. The number of unbranched alkanes of at least 4 members (excludes halogenated alkanes) is 3. The van der Waals surface area contributed by atoms with Gasteiger partial charge in [-0.2, -0.15) is 0 Å². The molecule has 0 unspecified atom stereocenters. The summed E-state index contributed by atoms with van der Waals surface area (Å²) in [6, 6.07) is 9.14. The summed E-state index contributed by atoms with van der Waals surface area (Å²) < 4.78 is 17.7. The van der Waals surface area contributed by atoms with E-state index < -0.39 is 18.4 Å². The van der Waals surface area contributed by atoms with Gasteiger partial charge in [0.15, 0.2) is 0 Å². The summed E-state index contributed by atoms with van der Waals surface area (Å²) in [5, 5.41) is 0. The van der Waals surface area contributed by atoms with E-state index in [1.165, 1.54) is 64.3 Å². The third-order valence-corrected chi connectivity index (χ3v) is 22.0. The van der Waals surface area contributed by atoms with Crippen LogP contribution in [0.15, 0.2) is 24.3 Å². The number of esters is 1. The second-order valence-corrected chi connectivity index (χ2v) is 21.6. The zero-order chi connectivity index (χ0) is 20.4. The first kappa shape index (κ1) is 23.7. The number of ether oxygens (including phenoxy) is 2. The number of rotatable bonds is 12. The number of hydrogen-bond acceptors (Lipinski definition) is 3. The van der Waals surface area contributed by atoms with Crippen LogP contribution < -0.4 is 3.58 Å². The van der Waals surface area contributed by atoms with Crippen LogP contribution in [0, 0.1) is 0 Å². The van der Waals surface area contributed by atoms with Gasteiger partial charge < -0.3 is 0 Å². The first-order chi connectivity index (χ1) is 13.6. The molecule has 28 heavy (non-hydrogen) atoms. The van der Waals surface area contributed by atoms with Crippen LogP contribution in [0.1, 0.15) is 84.3 Å². The zero-order valence-electron chi connectivity index (χ0n) is 18.5. The summed E-state index contributed by atoms with van der Waals surface area (Å²) in [7, 11) is 0. The Bertz CT molecular complexity index is 579. The Kier molecular flexibility index (Phi) is 10.3. The molecule has 2 atom stereocenters. The van der Waals surface area contributed by atoms with Crippen LogP contribution in [-0.4, -0.2) is 37.1 Å². The summed E-state index contributed by atoms with van der Waals surface area (Å²) >= 11 is -2.52. The van der Waals surface area contributed by atoms with Crippen molar-refractivity contribution >= 4 is 27.9 Å². The standard InChI is InChI=1S/C12H13O3.3C4H9.Sn/c1-9(13)15-11-7-12(14-8-11)10-5-3-2-4-6-10;3*1-3-4-2;/h2-5,11-12H,7-8H2,1H3;3*1,3-4H2,2H3;/t11-,12-;;;;/m1..../s1. The molecule has 0 N–H and O–H groups in total. The molecular formula is C24H40O3Sn.